The SMILES string of the molecule is C=CCC1(C(=O)OCC)CCN(C(=O)O)CC1=O. The molecule has 1 aliphatic heterocycles. The van der Waals surface area contributed by atoms with Crippen molar-refractivity contribution in [3.05, 3.63) is 12.7 Å². The van der Waals surface area contributed by atoms with Crippen LogP contribution in [0.5, 0.6) is 0 Å². The molecule has 1 atom stereocenters. The quantitative estimate of drug-likeness (QED) is 0.461. The maximum absolute atomic E-state index is 12.1. The second-order valence-electron chi connectivity index (χ2n) is 4.17. The Morgan fingerprint density at radius 1 is 1.61 bits per heavy atom. The number of ketones is 1. The summed E-state index contributed by atoms with van der Waals surface area (Å²) in [5, 5.41) is 8.84. The molecule has 100 valence electrons. The molecule has 0 aromatic carbocycles. The molecule has 6 heteroatoms. The zero-order valence-corrected chi connectivity index (χ0v) is 10.3. The molecule has 1 heterocycles. The smallest absolute Gasteiger partial charge is 0.407 e. The Morgan fingerprint density at radius 2 is 2.28 bits per heavy atom. The summed E-state index contributed by atoms with van der Waals surface area (Å²) in [4.78, 5) is 35.8. The molecule has 0 aromatic heterocycles. The van der Waals surface area contributed by atoms with Crippen molar-refractivity contribution in [1.82, 2.24) is 4.90 Å². The topological polar surface area (TPSA) is 83.9 Å². The highest BCUT2D eigenvalue weighted by Gasteiger charge is 2.49. The highest BCUT2D eigenvalue weighted by molar-refractivity contribution is 6.06. The van der Waals surface area contributed by atoms with Gasteiger partial charge in [0.25, 0.3) is 0 Å². The van der Waals surface area contributed by atoms with Crippen molar-refractivity contribution < 1.29 is 24.2 Å². The van der Waals surface area contributed by atoms with E-state index >= 15 is 0 Å². The van der Waals surface area contributed by atoms with Crippen molar-refractivity contribution in [2.24, 2.45) is 5.41 Å². The molecule has 1 N–H and O–H groups in total. The summed E-state index contributed by atoms with van der Waals surface area (Å²) in [6.07, 6.45) is 0.659. The highest BCUT2D eigenvalue weighted by atomic mass is 16.5. The minimum absolute atomic E-state index is 0.142. The Morgan fingerprint density at radius 3 is 2.72 bits per heavy atom. The molecule has 0 radical (unpaired) electrons. The second kappa shape index (κ2) is 5.66. The van der Waals surface area contributed by atoms with Gasteiger partial charge in [-0.2, -0.15) is 0 Å². The Labute approximate surface area is 105 Å². The van der Waals surface area contributed by atoms with Gasteiger partial charge in [-0.15, -0.1) is 6.58 Å². The van der Waals surface area contributed by atoms with E-state index in [-0.39, 0.29) is 32.5 Å². The molecule has 1 unspecified atom stereocenters. The van der Waals surface area contributed by atoms with Crippen LogP contribution in [-0.4, -0.2) is 47.5 Å². The zero-order valence-electron chi connectivity index (χ0n) is 10.3. The molecule has 0 spiro atoms. The number of esters is 1. The number of Topliss-reactive ketones (excluding diaryl/α,β-unsaturated/α-hetero) is 1. The van der Waals surface area contributed by atoms with Crippen molar-refractivity contribution >= 4 is 17.8 Å². The molecule has 18 heavy (non-hydrogen) atoms. The van der Waals surface area contributed by atoms with Crippen LogP contribution in [0, 0.1) is 5.41 Å². The molecule has 1 amide bonds. The van der Waals surface area contributed by atoms with Gasteiger partial charge >= 0.3 is 12.1 Å². The van der Waals surface area contributed by atoms with Gasteiger partial charge in [0.2, 0.25) is 0 Å². The van der Waals surface area contributed by atoms with E-state index in [2.05, 4.69) is 6.58 Å². The van der Waals surface area contributed by atoms with Crippen LogP contribution >= 0.6 is 0 Å². The summed E-state index contributed by atoms with van der Waals surface area (Å²) in [6, 6.07) is 0. The standard InChI is InChI=1S/C12H17NO5/c1-3-5-12(10(15)18-4-2)6-7-13(11(16)17)8-9(12)14/h3H,1,4-8H2,2H3,(H,16,17). The van der Waals surface area contributed by atoms with Crippen LogP contribution in [-0.2, 0) is 14.3 Å². The van der Waals surface area contributed by atoms with E-state index in [1.165, 1.54) is 6.08 Å². The third-order valence-corrected chi connectivity index (χ3v) is 3.11. The molecule has 0 aromatic rings. The van der Waals surface area contributed by atoms with Gasteiger partial charge in [-0.3, -0.25) is 9.59 Å². The lowest BCUT2D eigenvalue weighted by Gasteiger charge is -2.36. The van der Waals surface area contributed by atoms with E-state index in [4.69, 9.17) is 9.84 Å². The molecule has 0 saturated carbocycles. The largest absolute Gasteiger partial charge is 0.465 e. The van der Waals surface area contributed by atoms with Gasteiger partial charge in [0.05, 0.1) is 13.2 Å². The summed E-state index contributed by atoms with van der Waals surface area (Å²) in [6.45, 7) is 5.26. The first-order valence-corrected chi connectivity index (χ1v) is 5.77. The second-order valence-corrected chi connectivity index (χ2v) is 4.17. The number of rotatable bonds is 4. The number of piperidine rings is 1. The predicted octanol–water partition coefficient (Wildman–Crippen LogP) is 1.06. The minimum Gasteiger partial charge on any atom is -0.465 e. The third-order valence-electron chi connectivity index (χ3n) is 3.11. The number of hydrogen-bond acceptors (Lipinski definition) is 4. The van der Waals surface area contributed by atoms with Gasteiger partial charge < -0.3 is 14.7 Å². The molecule has 6 nitrogen and oxygen atoms in total. The van der Waals surface area contributed by atoms with Crippen LogP contribution < -0.4 is 0 Å². The minimum atomic E-state index is -1.26. The summed E-state index contributed by atoms with van der Waals surface area (Å²) < 4.78 is 4.93. The normalized spacial score (nSPS) is 23.6. The average Bonchev–Trinajstić information content (AvgIpc) is 2.32. The van der Waals surface area contributed by atoms with E-state index in [1.54, 1.807) is 6.92 Å². The van der Waals surface area contributed by atoms with Crippen LogP contribution in [0.2, 0.25) is 0 Å². The highest BCUT2D eigenvalue weighted by Crippen LogP contribution is 2.34. The van der Waals surface area contributed by atoms with Crippen molar-refractivity contribution in [3.63, 3.8) is 0 Å². The fourth-order valence-electron chi connectivity index (χ4n) is 2.06. The number of carbonyl (C=O) groups excluding carboxylic acids is 2. The lowest BCUT2D eigenvalue weighted by Crippen LogP contribution is -2.53. The monoisotopic (exact) mass is 255 g/mol. The number of likely N-dealkylation sites (tertiary alicyclic amines) is 1. The molecule has 1 fully saturated rings. The van der Waals surface area contributed by atoms with E-state index in [9.17, 15) is 14.4 Å². The zero-order chi connectivity index (χ0) is 13.8. The van der Waals surface area contributed by atoms with E-state index in [1.807, 2.05) is 0 Å². The Bertz CT molecular complexity index is 379. The molecule has 1 aliphatic rings. The van der Waals surface area contributed by atoms with Crippen molar-refractivity contribution in [1.29, 1.82) is 0 Å². The summed E-state index contributed by atoms with van der Waals surface area (Å²) >= 11 is 0. The lowest BCUT2D eigenvalue weighted by atomic mass is 9.74. The van der Waals surface area contributed by atoms with Gasteiger partial charge in [-0.1, -0.05) is 6.08 Å². The lowest BCUT2D eigenvalue weighted by molar-refractivity contribution is -0.163. The first kappa shape index (κ1) is 14.2. The van der Waals surface area contributed by atoms with Crippen LogP contribution in [0.15, 0.2) is 12.7 Å². The number of allylic oxidation sites excluding steroid dienone is 1. The van der Waals surface area contributed by atoms with Gasteiger partial charge in [0.1, 0.15) is 5.41 Å². The number of carbonyl (C=O) groups is 3. The number of nitrogens with zero attached hydrogens (tertiary/aromatic N) is 1. The summed E-state index contributed by atoms with van der Waals surface area (Å²) in [7, 11) is 0. The van der Waals surface area contributed by atoms with E-state index in [0.717, 1.165) is 4.90 Å². The predicted molar refractivity (Wildman–Crippen MR) is 63.1 cm³/mol. The fourth-order valence-corrected chi connectivity index (χ4v) is 2.06. The number of carboxylic acid groups (broad SMARTS) is 1. The maximum atomic E-state index is 12.1. The average molecular weight is 255 g/mol. The number of amides is 1. The molecular weight excluding hydrogens is 238 g/mol. The van der Waals surface area contributed by atoms with Gasteiger partial charge in [0, 0.05) is 6.54 Å². The summed E-state index contributed by atoms with van der Waals surface area (Å²) in [5.74, 6) is -1.01. The Hall–Kier alpha value is -1.85. The maximum Gasteiger partial charge on any atom is 0.407 e. The van der Waals surface area contributed by atoms with Crippen molar-refractivity contribution in [3.8, 4) is 0 Å². The van der Waals surface area contributed by atoms with E-state index < -0.39 is 23.3 Å². The van der Waals surface area contributed by atoms with E-state index in [0.29, 0.717) is 0 Å². The van der Waals surface area contributed by atoms with Crippen LogP contribution in [0.25, 0.3) is 0 Å². The number of ether oxygens (including phenoxy) is 1. The third kappa shape index (κ3) is 2.52. The van der Waals surface area contributed by atoms with Gasteiger partial charge in [0.15, 0.2) is 5.78 Å². The van der Waals surface area contributed by atoms with Gasteiger partial charge in [-0.25, -0.2) is 4.79 Å². The fraction of sp³-hybridized carbons (Fsp3) is 0.583. The first-order valence-electron chi connectivity index (χ1n) is 5.77. The summed E-state index contributed by atoms with van der Waals surface area (Å²) in [5.41, 5.74) is -1.26. The van der Waals surface area contributed by atoms with Crippen LogP contribution in [0.1, 0.15) is 19.8 Å². The molecule has 0 aliphatic carbocycles. The first-order chi connectivity index (χ1) is 8.47. The molecule has 1 rings (SSSR count). The van der Waals surface area contributed by atoms with Crippen molar-refractivity contribution in [2.75, 3.05) is 19.7 Å². The van der Waals surface area contributed by atoms with Crippen LogP contribution in [0.4, 0.5) is 4.79 Å². The molecular formula is C12H17NO5. The van der Waals surface area contributed by atoms with Crippen molar-refractivity contribution in [2.45, 2.75) is 19.8 Å². The molecule has 1 saturated heterocycles. The Kier molecular flexibility index (Phi) is 4.47. The van der Waals surface area contributed by atoms with Gasteiger partial charge in [-0.05, 0) is 19.8 Å². The van der Waals surface area contributed by atoms with Crippen LogP contribution in [0.3, 0.4) is 0 Å². The Balaban J connectivity index is 2.93. The number of hydrogen-bond donors (Lipinski definition) is 1. The molecule has 0 bridgehead atoms.